The van der Waals surface area contributed by atoms with Gasteiger partial charge in [-0.25, -0.2) is 9.67 Å². The molecule has 0 aliphatic carbocycles. The minimum absolute atomic E-state index is 0.422. The summed E-state index contributed by atoms with van der Waals surface area (Å²) in [6, 6.07) is 8.02. The quantitative estimate of drug-likeness (QED) is 0.804. The van der Waals surface area contributed by atoms with E-state index in [2.05, 4.69) is 29.2 Å². The van der Waals surface area contributed by atoms with E-state index in [0.29, 0.717) is 25.7 Å². The summed E-state index contributed by atoms with van der Waals surface area (Å²) in [6.45, 7) is 6.03. The summed E-state index contributed by atoms with van der Waals surface area (Å²) in [5, 5.41) is 7.67. The number of methoxy groups -OCH3 is 1. The van der Waals surface area contributed by atoms with Gasteiger partial charge in [-0.1, -0.05) is 26.0 Å². The molecular weight excluding hydrogens is 268 g/mol. The Bertz CT molecular complexity index is 554. The van der Waals surface area contributed by atoms with Crippen molar-refractivity contribution in [2.24, 2.45) is 0 Å². The maximum atomic E-state index is 5.71. The maximum Gasteiger partial charge on any atom is 0.164 e. The summed E-state index contributed by atoms with van der Waals surface area (Å²) in [5.74, 6) is 2.26. The van der Waals surface area contributed by atoms with Gasteiger partial charge in [-0.2, -0.15) is 5.10 Å². The number of nitrogens with one attached hydrogen (secondary N) is 1. The van der Waals surface area contributed by atoms with Crippen molar-refractivity contribution in [3.63, 3.8) is 0 Å². The minimum Gasteiger partial charge on any atom is -0.493 e. The van der Waals surface area contributed by atoms with Gasteiger partial charge in [-0.3, -0.25) is 0 Å². The van der Waals surface area contributed by atoms with E-state index < -0.39 is 0 Å². The van der Waals surface area contributed by atoms with Crippen LogP contribution in [0.2, 0.25) is 0 Å². The van der Waals surface area contributed by atoms with Crippen molar-refractivity contribution in [1.82, 2.24) is 20.1 Å². The lowest BCUT2D eigenvalue weighted by molar-refractivity contribution is 0.274. The Morgan fingerprint density at radius 1 is 1.24 bits per heavy atom. The van der Waals surface area contributed by atoms with E-state index in [4.69, 9.17) is 9.47 Å². The first-order valence-electron chi connectivity index (χ1n) is 7.06. The molecule has 0 saturated carbocycles. The Morgan fingerprint density at radius 2 is 2.00 bits per heavy atom. The lowest BCUT2D eigenvalue weighted by atomic mass is 10.3. The number of aromatic nitrogens is 3. The van der Waals surface area contributed by atoms with Crippen LogP contribution < -0.4 is 14.8 Å². The molecule has 1 aromatic heterocycles. The smallest absolute Gasteiger partial charge is 0.164 e. The molecule has 0 unspecified atom stereocenters. The van der Waals surface area contributed by atoms with E-state index in [1.54, 1.807) is 18.1 Å². The molecule has 0 atom stereocenters. The first kappa shape index (κ1) is 15.3. The van der Waals surface area contributed by atoms with Gasteiger partial charge in [0.2, 0.25) is 0 Å². The number of hydrogen-bond acceptors (Lipinski definition) is 5. The van der Waals surface area contributed by atoms with Crippen molar-refractivity contribution < 1.29 is 9.47 Å². The lowest BCUT2D eigenvalue weighted by Gasteiger charge is -2.09. The Balaban J connectivity index is 1.81. The van der Waals surface area contributed by atoms with Gasteiger partial charge < -0.3 is 14.8 Å². The maximum absolute atomic E-state index is 5.71. The Labute approximate surface area is 125 Å². The van der Waals surface area contributed by atoms with Crippen molar-refractivity contribution in [3.05, 3.63) is 36.4 Å². The molecule has 2 rings (SSSR count). The predicted molar refractivity (Wildman–Crippen MR) is 80.5 cm³/mol. The zero-order chi connectivity index (χ0) is 15.1. The van der Waals surface area contributed by atoms with Crippen LogP contribution in [0.4, 0.5) is 0 Å². The molecule has 0 fully saturated rings. The van der Waals surface area contributed by atoms with Crippen molar-refractivity contribution in [2.45, 2.75) is 33.0 Å². The first-order valence-corrected chi connectivity index (χ1v) is 7.06. The Morgan fingerprint density at radius 3 is 2.71 bits per heavy atom. The molecule has 0 saturated heterocycles. The highest BCUT2D eigenvalue weighted by molar-refractivity contribution is 5.39. The average Bonchev–Trinajstić information content (AvgIpc) is 2.93. The van der Waals surface area contributed by atoms with E-state index >= 15 is 0 Å². The largest absolute Gasteiger partial charge is 0.493 e. The van der Waals surface area contributed by atoms with Crippen LogP contribution in [0.15, 0.2) is 30.6 Å². The molecule has 6 nitrogen and oxygen atoms in total. The lowest BCUT2D eigenvalue weighted by Crippen LogP contribution is -2.22. The summed E-state index contributed by atoms with van der Waals surface area (Å²) in [4.78, 5) is 4.26. The van der Waals surface area contributed by atoms with Gasteiger partial charge in [-0.05, 0) is 12.1 Å². The van der Waals surface area contributed by atoms with Gasteiger partial charge in [0.1, 0.15) is 12.9 Å². The van der Waals surface area contributed by atoms with E-state index in [9.17, 15) is 0 Å². The number of benzene rings is 1. The monoisotopic (exact) mass is 290 g/mol. The van der Waals surface area contributed by atoms with Crippen LogP contribution in [0.1, 0.15) is 19.7 Å². The first-order chi connectivity index (χ1) is 10.2. The molecule has 0 radical (unpaired) electrons. The molecule has 21 heavy (non-hydrogen) atoms. The van der Waals surface area contributed by atoms with Gasteiger partial charge in [0.15, 0.2) is 17.3 Å². The fourth-order valence-electron chi connectivity index (χ4n) is 1.80. The third-order valence-electron chi connectivity index (χ3n) is 2.90. The van der Waals surface area contributed by atoms with Gasteiger partial charge in [0, 0.05) is 6.04 Å². The standard InChI is InChI=1S/C15H22N4O2/c1-12(2)16-10-15-17-11-19(18-15)8-9-21-14-7-5-4-6-13(14)20-3/h4-7,11-12,16H,8-10H2,1-3H3. The van der Waals surface area contributed by atoms with Crippen molar-refractivity contribution in [2.75, 3.05) is 13.7 Å². The van der Waals surface area contributed by atoms with Crippen LogP contribution in [0.3, 0.4) is 0 Å². The Hall–Kier alpha value is -2.08. The number of rotatable bonds is 8. The van der Waals surface area contributed by atoms with Crippen molar-refractivity contribution >= 4 is 0 Å². The summed E-state index contributed by atoms with van der Waals surface area (Å²) in [7, 11) is 1.63. The highest BCUT2D eigenvalue weighted by Gasteiger charge is 2.04. The zero-order valence-electron chi connectivity index (χ0n) is 12.7. The second-order valence-electron chi connectivity index (χ2n) is 4.96. The van der Waals surface area contributed by atoms with E-state index in [-0.39, 0.29) is 0 Å². The van der Waals surface area contributed by atoms with Gasteiger partial charge in [-0.15, -0.1) is 0 Å². The number of hydrogen-bond donors (Lipinski definition) is 1. The summed E-state index contributed by atoms with van der Waals surface area (Å²) >= 11 is 0. The van der Waals surface area contributed by atoms with E-state index in [1.165, 1.54) is 0 Å². The fraction of sp³-hybridized carbons (Fsp3) is 0.467. The molecule has 0 aliphatic heterocycles. The topological polar surface area (TPSA) is 61.2 Å². The van der Waals surface area contributed by atoms with Gasteiger partial charge in [0.05, 0.1) is 20.2 Å². The normalized spacial score (nSPS) is 10.9. The molecule has 0 aliphatic rings. The van der Waals surface area contributed by atoms with Crippen molar-refractivity contribution in [3.8, 4) is 11.5 Å². The molecule has 0 spiro atoms. The second-order valence-corrected chi connectivity index (χ2v) is 4.96. The van der Waals surface area contributed by atoms with E-state index in [1.807, 2.05) is 24.3 Å². The van der Waals surface area contributed by atoms with Crippen LogP contribution in [0, 0.1) is 0 Å². The summed E-state index contributed by atoms with van der Waals surface area (Å²) < 4.78 is 12.7. The van der Waals surface area contributed by atoms with Gasteiger partial charge in [0.25, 0.3) is 0 Å². The van der Waals surface area contributed by atoms with Crippen LogP contribution in [0.5, 0.6) is 11.5 Å². The van der Waals surface area contributed by atoms with Crippen molar-refractivity contribution in [1.29, 1.82) is 0 Å². The zero-order valence-corrected chi connectivity index (χ0v) is 12.7. The fourth-order valence-corrected chi connectivity index (χ4v) is 1.80. The highest BCUT2D eigenvalue weighted by Crippen LogP contribution is 2.25. The predicted octanol–water partition coefficient (Wildman–Crippen LogP) is 1.86. The number of ether oxygens (including phenoxy) is 2. The van der Waals surface area contributed by atoms with Crippen LogP contribution in [0.25, 0.3) is 0 Å². The molecule has 0 amide bonds. The summed E-state index contributed by atoms with van der Waals surface area (Å²) in [6.07, 6.45) is 1.73. The molecule has 6 heteroatoms. The third kappa shape index (κ3) is 4.75. The van der Waals surface area contributed by atoms with Crippen LogP contribution >= 0.6 is 0 Å². The Kier molecular flexibility index (Phi) is 5.57. The van der Waals surface area contributed by atoms with Crippen LogP contribution in [-0.2, 0) is 13.1 Å². The molecule has 0 bridgehead atoms. The number of nitrogens with zero attached hydrogens (tertiary/aromatic N) is 3. The molecule has 1 heterocycles. The molecular formula is C15H22N4O2. The summed E-state index contributed by atoms with van der Waals surface area (Å²) in [5.41, 5.74) is 0. The van der Waals surface area contributed by atoms with Crippen LogP contribution in [-0.4, -0.2) is 34.5 Å². The second kappa shape index (κ2) is 7.64. The molecule has 114 valence electrons. The number of para-hydroxylation sites is 2. The molecule has 1 N–H and O–H groups in total. The minimum atomic E-state index is 0.422. The molecule has 2 aromatic rings. The van der Waals surface area contributed by atoms with E-state index in [0.717, 1.165) is 17.3 Å². The third-order valence-corrected chi connectivity index (χ3v) is 2.90. The molecule has 1 aromatic carbocycles. The van der Waals surface area contributed by atoms with Gasteiger partial charge >= 0.3 is 0 Å². The average molecular weight is 290 g/mol. The highest BCUT2D eigenvalue weighted by atomic mass is 16.5. The SMILES string of the molecule is COc1ccccc1OCCn1cnc(CNC(C)C)n1.